The number of aryl methyl sites for hydroxylation is 2. The minimum absolute atomic E-state index is 0.132. The molecule has 2 aromatic carbocycles. The summed E-state index contributed by atoms with van der Waals surface area (Å²) in [6, 6.07) is 12.9. The molecular weight excluding hydrogens is 450 g/mol. The fraction of sp³-hybridized carbons (Fsp3) is 0.269. The van der Waals surface area contributed by atoms with Gasteiger partial charge in [0.05, 0.1) is 38.0 Å². The molecule has 0 aliphatic carbocycles. The van der Waals surface area contributed by atoms with Crippen molar-refractivity contribution < 1.29 is 19.1 Å². The van der Waals surface area contributed by atoms with Crippen LogP contribution in [0, 0.1) is 13.8 Å². The summed E-state index contributed by atoms with van der Waals surface area (Å²) in [6.07, 6.45) is 0.132. The number of ether oxygens (including phenoxy) is 2. The van der Waals surface area contributed by atoms with E-state index in [1.807, 2.05) is 66.6 Å². The Hall–Kier alpha value is -3.52. The first-order valence-corrected chi connectivity index (χ1v) is 11.7. The molecule has 176 valence electrons. The molecule has 1 atom stereocenters. The molecule has 0 fully saturated rings. The Morgan fingerprint density at radius 3 is 2.59 bits per heavy atom. The molecule has 2 aliphatic rings. The Labute approximate surface area is 203 Å². The zero-order valence-electron chi connectivity index (χ0n) is 19.8. The van der Waals surface area contributed by atoms with Gasteiger partial charge in [-0.15, -0.1) is 0 Å². The average Bonchev–Trinajstić information content (AvgIpc) is 3.21. The van der Waals surface area contributed by atoms with E-state index in [0.717, 1.165) is 22.5 Å². The van der Waals surface area contributed by atoms with Crippen LogP contribution in [0.25, 0.3) is 0 Å². The van der Waals surface area contributed by atoms with Gasteiger partial charge in [0, 0.05) is 11.4 Å². The maximum absolute atomic E-state index is 13.0. The van der Waals surface area contributed by atoms with Crippen LogP contribution < -0.4 is 10.1 Å². The highest BCUT2D eigenvalue weighted by Gasteiger charge is 2.41. The zero-order valence-corrected chi connectivity index (χ0v) is 20.7. The predicted molar refractivity (Wildman–Crippen MR) is 135 cm³/mol. The predicted octanol–water partition coefficient (Wildman–Crippen LogP) is 5.09. The molecule has 34 heavy (non-hydrogen) atoms. The van der Waals surface area contributed by atoms with E-state index in [0.29, 0.717) is 22.2 Å². The molecule has 7 nitrogen and oxygen atoms in total. The summed E-state index contributed by atoms with van der Waals surface area (Å²) < 4.78 is 10.5. The number of thioether (sulfide) groups is 1. The Bertz CT molecular complexity index is 1250. The van der Waals surface area contributed by atoms with E-state index < -0.39 is 12.0 Å². The van der Waals surface area contributed by atoms with E-state index in [1.165, 1.54) is 24.4 Å². The van der Waals surface area contributed by atoms with Crippen molar-refractivity contribution in [1.82, 2.24) is 4.90 Å². The number of aliphatic imine (C=N–C) groups is 1. The van der Waals surface area contributed by atoms with Gasteiger partial charge in [-0.05, 0) is 67.1 Å². The summed E-state index contributed by atoms with van der Waals surface area (Å²) in [5.41, 5.74) is 5.65. The number of carbonyl (C=O) groups is 2. The van der Waals surface area contributed by atoms with Crippen molar-refractivity contribution in [3.05, 3.63) is 81.5 Å². The van der Waals surface area contributed by atoms with Gasteiger partial charge in [-0.3, -0.25) is 4.79 Å². The van der Waals surface area contributed by atoms with E-state index in [-0.39, 0.29) is 12.3 Å². The summed E-state index contributed by atoms with van der Waals surface area (Å²) in [5, 5.41) is 5.61. The van der Waals surface area contributed by atoms with Crippen LogP contribution in [0.15, 0.2) is 69.8 Å². The molecule has 0 spiro atoms. The first-order valence-electron chi connectivity index (χ1n) is 10.9. The van der Waals surface area contributed by atoms with Crippen LogP contribution in [0.4, 0.5) is 5.69 Å². The van der Waals surface area contributed by atoms with Crippen molar-refractivity contribution in [2.24, 2.45) is 4.99 Å². The molecule has 0 bridgehead atoms. The van der Waals surface area contributed by atoms with Crippen LogP contribution in [-0.2, 0) is 14.3 Å². The standard InChI is InChI=1S/C26H27N3O4S/c1-15-9-10-19(11-16(15)2)28-22(30)13-20-14-34-26-27-17(3)23(25(31)33-5)24(29(20)26)18-7-6-8-21(12-18)32-4/h6-12,14,24H,13H2,1-5H3,(H,28,30)/t24-/m0/s1. The summed E-state index contributed by atoms with van der Waals surface area (Å²) in [6.45, 7) is 5.85. The van der Waals surface area contributed by atoms with Gasteiger partial charge in [-0.25, -0.2) is 9.79 Å². The SMILES string of the molecule is COC(=O)C1=C(C)N=C2SC=C(CC(=O)Nc3ccc(C)c(C)c3)N2[C@H]1c1cccc(OC)c1. The van der Waals surface area contributed by atoms with Crippen LogP contribution >= 0.6 is 11.8 Å². The number of hydrogen-bond donors (Lipinski definition) is 1. The highest BCUT2D eigenvalue weighted by molar-refractivity contribution is 8.16. The number of carbonyl (C=O) groups excluding carboxylic acids is 2. The van der Waals surface area contributed by atoms with Gasteiger partial charge >= 0.3 is 5.97 Å². The average molecular weight is 478 g/mol. The lowest BCUT2D eigenvalue weighted by Gasteiger charge is -2.36. The van der Waals surface area contributed by atoms with E-state index in [9.17, 15) is 9.59 Å². The van der Waals surface area contributed by atoms with E-state index >= 15 is 0 Å². The fourth-order valence-corrected chi connectivity index (χ4v) is 5.02. The third-order valence-electron chi connectivity index (χ3n) is 5.95. The summed E-state index contributed by atoms with van der Waals surface area (Å²) in [5.74, 6) is 0.0730. The van der Waals surface area contributed by atoms with Crippen LogP contribution in [0.5, 0.6) is 5.75 Å². The molecule has 0 radical (unpaired) electrons. The van der Waals surface area contributed by atoms with Crippen LogP contribution in [-0.4, -0.2) is 36.2 Å². The second-order valence-electron chi connectivity index (χ2n) is 8.19. The zero-order chi connectivity index (χ0) is 24.4. The van der Waals surface area contributed by atoms with Crippen LogP contribution in [0.2, 0.25) is 0 Å². The molecular formula is C26H27N3O4S. The molecule has 1 amide bonds. The maximum atomic E-state index is 13.0. The van der Waals surface area contributed by atoms with Gasteiger partial charge in [0.2, 0.25) is 5.91 Å². The number of fused-ring (bicyclic) bond motifs is 1. The van der Waals surface area contributed by atoms with Crippen molar-refractivity contribution >= 4 is 34.5 Å². The number of amidine groups is 1. The molecule has 0 saturated heterocycles. The van der Waals surface area contributed by atoms with Crippen molar-refractivity contribution in [2.45, 2.75) is 33.2 Å². The lowest BCUT2D eigenvalue weighted by atomic mass is 9.93. The number of benzene rings is 2. The Morgan fingerprint density at radius 1 is 1.09 bits per heavy atom. The number of esters is 1. The maximum Gasteiger partial charge on any atom is 0.338 e. The van der Waals surface area contributed by atoms with Gasteiger partial charge in [0.15, 0.2) is 5.17 Å². The van der Waals surface area contributed by atoms with Gasteiger partial charge in [-0.2, -0.15) is 0 Å². The highest BCUT2D eigenvalue weighted by atomic mass is 32.2. The summed E-state index contributed by atoms with van der Waals surface area (Å²) in [4.78, 5) is 32.4. The second-order valence-corrected chi connectivity index (χ2v) is 9.02. The molecule has 2 heterocycles. The minimum atomic E-state index is -0.495. The first kappa shape index (κ1) is 23.6. The smallest absolute Gasteiger partial charge is 0.338 e. The van der Waals surface area contributed by atoms with Crippen molar-refractivity contribution in [1.29, 1.82) is 0 Å². The van der Waals surface area contributed by atoms with Crippen molar-refractivity contribution in [3.63, 3.8) is 0 Å². The molecule has 1 N–H and O–H groups in total. The number of allylic oxidation sites excluding steroid dienone is 1. The highest BCUT2D eigenvalue weighted by Crippen LogP contribution is 2.45. The van der Waals surface area contributed by atoms with Crippen LogP contribution in [0.3, 0.4) is 0 Å². The summed E-state index contributed by atoms with van der Waals surface area (Å²) >= 11 is 1.44. The van der Waals surface area contributed by atoms with Gasteiger partial charge in [-0.1, -0.05) is 30.0 Å². The number of hydrogen-bond acceptors (Lipinski definition) is 7. The van der Waals surface area contributed by atoms with E-state index in [4.69, 9.17) is 9.47 Å². The molecule has 2 aromatic rings. The monoisotopic (exact) mass is 477 g/mol. The van der Waals surface area contributed by atoms with Crippen molar-refractivity contribution in [3.8, 4) is 5.75 Å². The third kappa shape index (κ3) is 4.59. The minimum Gasteiger partial charge on any atom is -0.497 e. The number of amides is 1. The van der Waals surface area contributed by atoms with Crippen molar-refractivity contribution in [2.75, 3.05) is 19.5 Å². The second kappa shape index (κ2) is 9.77. The van der Waals surface area contributed by atoms with E-state index in [1.54, 1.807) is 14.0 Å². The normalized spacial score (nSPS) is 17.1. The number of methoxy groups -OCH3 is 2. The molecule has 8 heteroatoms. The topological polar surface area (TPSA) is 80.2 Å². The van der Waals surface area contributed by atoms with Gasteiger partial charge in [0.1, 0.15) is 5.75 Å². The Balaban J connectivity index is 1.66. The molecule has 2 aliphatic heterocycles. The molecule has 0 saturated carbocycles. The lowest BCUT2D eigenvalue weighted by molar-refractivity contribution is -0.136. The number of rotatable bonds is 6. The Kier molecular flexibility index (Phi) is 6.79. The van der Waals surface area contributed by atoms with Gasteiger partial charge in [0.25, 0.3) is 0 Å². The molecule has 4 rings (SSSR count). The lowest BCUT2D eigenvalue weighted by Crippen LogP contribution is -2.37. The quantitative estimate of drug-likeness (QED) is 0.584. The van der Waals surface area contributed by atoms with Crippen LogP contribution in [0.1, 0.15) is 36.1 Å². The number of nitrogens with zero attached hydrogens (tertiary/aromatic N) is 2. The van der Waals surface area contributed by atoms with E-state index in [2.05, 4.69) is 10.3 Å². The first-order chi connectivity index (χ1) is 16.3. The number of nitrogens with one attached hydrogen (secondary N) is 1. The largest absolute Gasteiger partial charge is 0.497 e. The fourth-order valence-electron chi connectivity index (χ4n) is 4.06. The molecule has 0 unspecified atom stereocenters. The van der Waals surface area contributed by atoms with Gasteiger partial charge < -0.3 is 19.7 Å². The third-order valence-corrected chi connectivity index (χ3v) is 6.84. The number of anilines is 1. The Morgan fingerprint density at radius 2 is 1.88 bits per heavy atom. The molecule has 0 aromatic heterocycles. The summed E-state index contributed by atoms with van der Waals surface area (Å²) in [7, 11) is 2.96.